The van der Waals surface area contributed by atoms with Crippen LogP contribution >= 0.6 is 34.7 Å². The Bertz CT molecular complexity index is 1220. The summed E-state index contributed by atoms with van der Waals surface area (Å²) in [4.78, 5) is 4.80. The van der Waals surface area contributed by atoms with Gasteiger partial charge in [0.25, 0.3) is 0 Å². The summed E-state index contributed by atoms with van der Waals surface area (Å²) in [7, 11) is 0. The number of benzene rings is 2. The Morgan fingerprint density at radius 1 is 1.22 bits per heavy atom. The fraction of sp³-hybridized carbons (Fsp3) is 0.208. The summed E-state index contributed by atoms with van der Waals surface area (Å²) in [6, 6.07) is 15.7. The summed E-state index contributed by atoms with van der Waals surface area (Å²) in [6.07, 6.45) is 1.55. The zero-order valence-corrected chi connectivity index (χ0v) is 20.3. The highest BCUT2D eigenvalue weighted by molar-refractivity contribution is 7.98. The second-order valence-corrected chi connectivity index (χ2v) is 9.50. The molecule has 0 aliphatic heterocycles. The third-order valence-electron chi connectivity index (χ3n) is 4.70. The van der Waals surface area contributed by atoms with Gasteiger partial charge in [-0.05, 0) is 38.1 Å². The lowest BCUT2D eigenvalue weighted by atomic mass is 10.1. The number of nitrogens with zero attached hydrogens (tertiary/aromatic N) is 4. The van der Waals surface area contributed by atoms with Gasteiger partial charge in [0.05, 0.1) is 5.69 Å². The number of allylic oxidation sites excluding steroid dienone is 1. The van der Waals surface area contributed by atoms with Gasteiger partial charge in [-0.15, -0.1) is 28.1 Å². The fourth-order valence-corrected chi connectivity index (χ4v) is 5.18. The van der Waals surface area contributed by atoms with Crippen molar-refractivity contribution in [2.75, 3.05) is 0 Å². The van der Waals surface area contributed by atoms with Crippen molar-refractivity contribution in [3.8, 4) is 16.3 Å². The number of aryl methyl sites for hydroxylation is 1. The maximum absolute atomic E-state index is 6.07. The lowest BCUT2D eigenvalue weighted by Crippen LogP contribution is -2.12. The first-order valence-electron chi connectivity index (χ1n) is 10.1. The maximum Gasteiger partial charge on any atom is 0.192 e. The molecule has 0 spiro atoms. The zero-order chi connectivity index (χ0) is 22.5. The summed E-state index contributed by atoms with van der Waals surface area (Å²) in [6.45, 7) is 8.52. The van der Waals surface area contributed by atoms with Crippen LogP contribution in [0.4, 0.5) is 0 Å². The van der Waals surface area contributed by atoms with E-state index in [2.05, 4.69) is 53.3 Å². The van der Waals surface area contributed by atoms with E-state index in [1.807, 2.05) is 35.8 Å². The molecule has 1 unspecified atom stereocenters. The summed E-state index contributed by atoms with van der Waals surface area (Å²) in [5.41, 5.74) is 3.40. The minimum Gasteiger partial charge on any atom is -0.483 e. The molecule has 0 N–H and O–H groups in total. The molecule has 2 aromatic heterocycles. The molecule has 0 radical (unpaired) electrons. The largest absolute Gasteiger partial charge is 0.483 e. The van der Waals surface area contributed by atoms with Gasteiger partial charge in [-0.3, -0.25) is 4.57 Å². The molecule has 164 valence electrons. The fourth-order valence-electron chi connectivity index (χ4n) is 3.23. The number of ether oxygens (including phenoxy) is 1. The van der Waals surface area contributed by atoms with E-state index in [9.17, 15) is 0 Å². The van der Waals surface area contributed by atoms with E-state index < -0.39 is 0 Å². The summed E-state index contributed by atoms with van der Waals surface area (Å²) >= 11 is 9.34. The molecule has 0 saturated carbocycles. The molecule has 5 nitrogen and oxygen atoms in total. The molecule has 4 rings (SSSR count). The monoisotopic (exact) mass is 482 g/mol. The molecule has 8 heteroatoms. The van der Waals surface area contributed by atoms with Crippen molar-refractivity contribution < 1.29 is 4.74 Å². The van der Waals surface area contributed by atoms with Crippen LogP contribution in [0.25, 0.3) is 10.6 Å². The van der Waals surface area contributed by atoms with Crippen LogP contribution in [0.15, 0.2) is 71.7 Å². The number of aromatic nitrogens is 4. The van der Waals surface area contributed by atoms with Gasteiger partial charge in [0.15, 0.2) is 17.1 Å². The Morgan fingerprint density at radius 2 is 2.06 bits per heavy atom. The smallest absolute Gasteiger partial charge is 0.192 e. The number of thiazole rings is 1. The lowest BCUT2D eigenvalue weighted by Gasteiger charge is -2.15. The highest BCUT2D eigenvalue weighted by Gasteiger charge is 2.19. The lowest BCUT2D eigenvalue weighted by molar-refractivity contribution is 0.210. The SMILES string of the molecule is C=CCn1c(SCc2csc(-c3cccc(C)c3)n2)nnc1C(C)Oc1cccc(Cl)c1. The van der Waals surface area contributed by atoms with Crippen molar-refractivity contribution in [2.24, 2.45) is 0 Å². The normalized spacial score (nSPS) is 12.0. The van der Waals surface area contributed by atoms with Crippen LogP contribution in [0.3, 0.4) is 0 Å². The molecule has 0 amide bonds. The topological polar surface area (TPSA) is 52.8 Å². The molecule has 2 heterocycles. The van der Waals surface area contributed by atoms with E-state index in [0.717, 1.165) is 27.2 Å². The van der Waals surface area contributed by atoms with E-state index in [0.29, 0.717) is 23.1 Å². The Balaban J connectivity index is 1.47. The van der Waals surface area contributed by atoms with Gasteiger partial charge in [-0.2, -0.15) is 0 Å². The summed E-state index contributed by atoms with van der Waals surface area (Å²) < 4.78 is 8.07. The van der Waals surface area contributed by atoms with Gasteiger partial charge in [-0.25, -0.2) is 4.98 Å². The average molecular weight is 483 g/mol. The number of hydrogen-bond donors (Lipinski definition) is 0. The van der Waals surface area contributed by atoms with Crippen LogP contribution in [0.1, 0.15) is 30.1 Å². The predicted octanol–water partition coefficient (Wildman–Crippen LogP) is 6.98. The Hall–Kier alpha value is -2.61. The molecule has 0 saturated heterocycles. The first-order chi connectivity index (χ1) is 15.5. The van der Waals surface area contributed by atoms with E-state index in [4.69, 9.17) is 21.3 Å². The van der Waals surface area contributed by atoms with Crippen LogP contribution in [0, 0.1) is 6.92 Å². The molecule has 4 aromatic rings. The van der Waals surface area contributed by atoms with Gasteiger partial charge in [-0.1, -0.05) is 59.3 Å². The molecule has 1 atom stereocenters. The minimum atomic E-state index is -0.289. The quantitative estimate of drug-likeness (QED) is 0.190. The standard InChI is InChI=1S/C24H23ClN4OS2/c1-4-11-29-22(17(3)30-21-10-6-9-19(25)13-21)27-28-24(29)32-15-20-14-31-23(26-20)18-8-5-7-16(2)12-18/h4-10,12-14,17H,1,11,15H2,2-3H3. The van der Waals surface area contributed by atoms with Crippen molar-refractivity contribution in [2.45, 2.75) is 37.4 Å². The van der Waals surface area contributed by atoms with Gasteiger partial charge in [0.1, 0.15) is 10.8 Å². The van der Waals surface area contributed by atoms with Crippen LogP contribution in [-0.4, -0.2) is 19.7 Å². The van der Waals surface area contributed by atoms with Gasteiger partial charge in [0, 0.05) is 28.3 Å². The maximum atomic E-state index is 6.07. The Kier molecular flexibility index (Phi) is 7.29. The van der Waals surface area contributed by atoms with Crippen molar-refractivity contribution in [1.29, 1.82) is 0 Å². The molecular formula is C24H23ClN4OS2. The van der Waals surface area contributed by atoms with E-state index in [-0.39, 0.29) is 6.10 Å². The molecule has 0 aliphatic rings. The van der Waals surface area contributed by atoms with Crippen molar-refractivity contribution in [1.82, 2.24) is 19.7 Å². The number of hydrogen-bond acceptors (Lipinski definition) is 6. The van der Waals surface area contributed by atoms with Gasteiger partial charge < -0.3 is 4.74 Å². The average Bonchev–Trinajstić information content (AvgIpc) is 3.40. The van der Waals surface area contributed by atoms with Crippen LogP contribution in [0.5, 0.6) is 5.75 Å². The first kappa shape index (κ1) is 22.6. The van der Waals surface area contributed by atoms with Crippen molar-refractivity contribution in [3.63, 3.8) is 0 Å². The molecule has 0 aliphatic carbocycles. The highest BCUT2D eigenvalue weighted by atomic mass is 35.5. The molecule has 0 fully saturated rings. The predicted molar refractivity (Wildman–Crippen MR) is 133 cm³/mol. The molecule has 2 aromatic carbocycles. The van der Waals surface area contributed by atoms with E-state index in [1.54, 1.807) is 29.2 Å². The van der Waals surface area contributed by atoms with Crippen molar-refractivity contribution in [3.05, 3.63) is 88.7 Å². The van der Waals surface area contributed by atoms with E-state index in [1.165, 1.54) is 5.56 Å². The number of rotatable bonds is 9. The van der Waals surface area contributed by atoms with Crippen LogP contribution < -0.4 is 4.74 Å². The van der Waals surface area contributed by atoms with E-state index >= 15 is 0 Å². The second-order valence-electron chi connectivity index (χ2n) is 7.26. The first-order valence-corrected chi connectivity index (χ1v) is 12.4. The van der Waals surface area contributed by atoms with Gasteiger partial charge in [0.2, 0.25) is 0 Å². The Labute approximate surface area is 201 Å². The Morgan fingerprint density at radius 3 is 2.84 bits per heavy atom. The zero-order valence-electron chi connectivity index (χ0n) is 17.9. The minimum absolute atomic E-state index is 0.289. The third-order valence-corrected chi connectivity index (χ3v) is 6.87. The summed E-state index contributed by atoms with van der Waals surface area (Å²) in [5, 5.41) is 13.4. The highest BCUT2D eigenvalue weighted by Crippen LogP contribution is 2.30. The number of halogens is 1. The summed E-state index contributed by atoms with van der Waals surface area (Å²) in [5.74, 6) is 2.14. The molecule has 32 heavy (non-hydrogen) atoms. The molecular weight excluding hydrogens is 460 g/mol. The van der Waals surface area contributed by atoms with Crippen LogP contribution in [0.2, 0.25) is 5.02 Å². The molecule has 0 bridgehead atoms. The van der Waals surface area contributed by atoms with Gasteiger partial charge >= 0.3 is 0 Å². The third kappa shape index (κ3) is 5.41. The van der Waals surface area contributed by atoms with Crippen LogP contribution in [-0.2, 0) is 12.3 Å². The number of thioether (sulfide) groups is 1. The second kappa shape index (κ2) is 10.3. The van der Waals surface area contributed by atoms with Crippen molar-refractivity contribution >= 4 is 34.7 Å².